The van der Waals surface area contributed by atoms with E-state index in [0.29, 0.717) is 0 Å². The van der Waals surface area contributed by atoms with E-state index in [-0.39, 0.29) is 0 Å². The topological polar surface area (TPSA) is 28.2 Å². The quantitative estimate of drug-likeness (QED) is 0.837. The summed E-state index contributed by atoms with van der Waals surface area (Å²) in [5.41, 5.74) is 0. The number of pyridine rings is 1. The summed E-state index contributed by atoms with van der Waals surface area (Å²) in [5.74, 6) is 1.13. The number of hydrogen-bond donors (Lipinski definition) is 1. The maximum atomic E-state index is 4.41. The van der Waals surface area contributed by atoms with Gasteiger partial charge >= 0.3 is 0 Å². The van der Waals surface area contributed by atoms with Crippen molar-refractivity contribution in [2.75, 3.05) is 18.0 Å². The van der Waals surface area contributed by atoms with E-state index in [1.807, 2.05) is 12.3 Å². The Morgan fingerprint density at radius 2 is 1.81 bits per heavy atom. The van der Waals surface area contributed by atoms with Crippen LogP contribution < -0.4 is 10.2 Å². The Bertz CT molecular complexity index is 326. The molecule has 16 heavy (non-hydrogen) atoms. The Balaban J connectivity index is 1.53. The van der Waals surface area contributed by atoms with E-state index in [2.05, 4.69) is 27.3 Å². The van der Waals surface area contributed by atoms with Crippen LogP contribution in [0.5, 0.6) is 0 Å². The lowest BCUT2D eigenvalue weighted by Gasteiger charge is -2.33. The van der Waals surface area contributed by atoms with Crippen LogP contribution in [0.2, 0.25) is 0 Å². The maximum Gasteiger partial charge on any atom is 0.128 e. The SMILES string of the molecule is c1ccc(N2CCC(NC3CC3)CC2)nc1. The Morgan fingerprint density at radius 3 is 2.44 bits per heavy atom. The second kappa shape index (κ2) is 4.42. The Kier molecular flexibility index (Phi) is 2.79. The first kappa shape index (κ1) is 10.1. The molecule has 1 aliphatic heterocycles. The number of rotatable bonds is 3. The second-order valence-corrected chi connectivity index (χ2v) is 4.89. The van der Waals surface area contributed by atoms with Gasteiger partial charge in [-0.2, -0.15) is 0 Å². The van der Waals surface area contributed by atoms with E-state index in [0.717, 1.165) is 31.0 Å². The molecular weight excluding hydrogens is 198 g/mol. The Hall–Kier alpha value is -1.09. The lowest BCUT2D eigenvalue weighted by Crippen LogP contribution is -2.43. The third-order valence-corrected chi connectivity index (χ3v) is 3.52. The van der Waals surface area contributed by atoms with Crippen LogP contribution in [0.15, 0.2) is 24.4 Å². The summed E-state index contributed by atoms with van der Waals surface area (Å²) >= 11 is 0. The molecule has 1 saturated carbocycles. The minimum atomic E-state index is 0.743. The van der Waals surface area contributed by atoms with E-state index < -0.39 is 0 Å². The smallest absolute Gasteiger partial charge is 0.128 e. The van der Waals surface area contributed by atoms with Crippen molar-refractivity contribution < 1.29 is 0 Å². The highest BCUT2D eigenvalue weighted by atomic mass is 15.2. The average Bonchev–Trinajstić information content (AvgIpc) is 3.15. The van der Waals surface area contributed by atoms with Crippen molar-refractivity contribution in [2.24, 2.45) is 0 Å². The molecule has 2 fully saturated rings. The summed E-state index contributed by atoms with van der Waals surface area (Å²) in [6, 6.07) is 7.73. The molecule has 1 aliphatic carbocycles. The van der Waals surface area contributed by atoms with Gasteiger partial charge in [-0.05, 0) is 37.8 Å². The summed E-state index contributed by atoms with van der Waals surface area (Å²) in [6.07, 6.45) is 7.17. The van der Waals surface area contributed by atoms with Crippen LogP contribution in [0.4, 0.5) is 5.82 Å². The van der Waals surface area contributed by atoms with Crippen molar-refractivity contribution in [1.82, 2.24) is 10.3 Å². The summed E-state index contributed by atoms with van der Waals surface area (Å²) in [4.78, 5) is 6.80. The fourth-order valence-electron chi connectivity index (χ4n) is 2.40. The van der Waals surface area contributed by atoms with Crippen molar-refractivity contribution >= 4 is 5.82 Å². The number of aromatic nitrogens is 1. The molecule has 0 bridgehead atoms. The van der Waals surface area contributed by atoms with Gasteiger partial charge in [0, 0.05) is 31.4 Å². The number of hydrogen-bond acceptors (Lipinski definition) is 3. The average molecular weight is 217 g/mol. The molecule has 1 aromatic rings. The van der Waals surface area contributed by atoms with Crippen molar-refractivity contribution in [3.05, 3.63) is 24.4 Å². The first-order valence-electron chi connectivity index (χ1n) is 6.34. The zero-order chi connectivity index (χ0) is 10.8. The van der Waals surface area contributed by atoms with Crippen LogP contribution in [0.3, 0.4) is 0 Å². The van der Waals surface area contributed by atoms with E-state index >= 15 is 0 Å². The summed E-state index contributed by atoms with van der Waals surface area (Å²) in [6.45, 7) is 2.28. The molecule has 0 atom stereocenters. The molecule has 0 aromatic carbocycles. The maximum absolute atomic E-state index is 4.41. The van der Waals surface area contributed by atoms with Crippen LogP contribution in [0.25, 0.3) is 0 Å². The predicted molar refractivity (Wildman–Crippen MR) is 65.6 cm³/mol. The molecule has 3 heteroatoms. The van der Waals surface area contributed by atoms with E-state index in [1.54, 1.807) is 0 Å². The first-order chi connectivity index (χ1) is 7.92. The largest absolute Gasteiger partial charge is 0.357 e. The van der Waals surface area contributed by atoms with Gasteiger partial charge in [-0.15, -0.1) is 0 Å². The summed E-state index contributed by atoms with van der Waals surface area (Å²) < 4.78 is 0. The molecule has 0 spiro atoms. The molecule has 2 aliphatic rings. The normalized spacial score (nSPS) is 22.4. The lowest BCUT2D eigenvalue weighted by molar-refractivity contribution is 0.411. The molecule has 86 valence electrons. The molecule has 3 nitrogen and oxygen atoms in total. The van der Waals surface area contributed by atoms with Gasteiger partial charge in [-0.1, -0.05) is 6.07 Å². The number of piperidine rings is 1. The van der Waals surface area contributed by atoms with Crippen molar-refractivity contribution in [2.45, 2.75) is 37.8 Å². The molecule has 1 N–H and O–H groups in total. The molecular formula is C13H19N3. The van der Waals surface area contributed by atoms with Gasteiger partial charge in [0.1, 0.15) is 5.82 Å². The van der Waals surface area contributed by atoms with Crippen LogP contribution >= 0.6 is 0 Å². The molecule has 0 radical (unpaired) electrons. The monoisotopic (exact) mass is 217 g/mol. The van der Waals surface area contributed by atoms with Gasteiger partial charge in [0.2, 0.25) is 0 Å². The fraction of sp³-hybridized carbons (Fsp3) is 0.615. The van der Waals surface area contributed by atoms with Gasteiger partial charge in [0.05, 0.1) is 0 Å². The van der Waals surface area contributed by atoms with Crippen LogP contribution in [0.1, 0.15) is 25.7 Å². The van der Waals surface area contributed by atoms with Crippen LogP contribution in [-0.2, 0) is 0 Å². The lowest BCUT2D eigenvalue weighted by atomic mass is 10.1. The first-order valence-corrected chi connectivity index (χ1v) is 6.34. The van der Waals surface area contributed by atoms with Crippen LogP contribution in [0, 0.1) is 0 Å². The van der Waals surface area contributed by atoms with E-state index in [1.165, 1.54) is 25.7 Å². The van der Waals surface area contributed by atoms with Crippen molar-refractivity contribution in [3.63, 3.8) is 0 Å². The Labute approximate surface area is 96.9 Å². The fourth-order valence-corrected chi connectivity index (χ4v) is 2.40. The molecule has 1 aromatic heterocycles. The molecule has 1 saturated heterocycles. The molecule has 0 amide bonds. The minimum Gasteiger partial charge on any atom is -0.357 e. The zero-order valence-electron chi connectivity index (χ0n) is 9.60. The number of anilines is 1. The van der Waals surface area contributed by atoms with Crippen LogP contribution in [-0.4, -0.2) is 30.2 Å². The highest BCUT2D eigenvalue weighted by Crippen LogP contribution is 2.23. The summed E-state index contributed by atoms with van der Waals surface area (Å²) in [7, 11) is 0. The van der Waals surface area contributed by atoms with E-state index in [9.17, 15) is 0 Å². The highest BCUT2D eigenvalue weighted by Gasteiger charge is 2.27. The third-order valence-electron chi connectivity index (χ3n) is 3.52. The molecule has 3 rings (SSSR count). The van der Waals surface area contributed by atoms with Gasteiger partial charge < -0.3 is 10.2 Å². The predicted octanol–water partition coefficient (Wildman–Crippen LogP) is 1.80. The van der Waals surface area contributed by atoms with Gasteiger partial charge in [-0.25, -0.2) is 4.98 Å². The van der Waals surface area contributed by atoms with E-state index in [4.69, 9.17) is 0 Å². The van der Waals surface area contributed by atoms with Crippen molar-refractivity contribution in [1.29, 1.82) is 0 Å². The van der Waals surface area contributed by atoms with Gasteiger partial charge in [-0.3, -0.25) is 0 Å². The number of nitrogens with zero attached hydrogens (tertiary/aromatic N) is 2. The Morgan fingerprint density at radius 1 is 1.06 bits per heavy atom. The second-order valence-electron chi connectivity index (χ2n) is 4.89. The zero-order valence-corrected chi connectivity index (χ0v) is 9.60. The van der Waals surface area contributed by atoms with Gasteiger partial charge in [0.15, 0.2) is 0 Å². The van der Waals surface area contributed by atoms with Crippen molar-refractivity contribution in [3.8, 4) is 0 Å². The minimum absolute atomic E-state index is 0.743. The standard InChI is InChI=1S/C13H19N3/c1-2-8-14-13(3-1)16-9-6-12(7-10-16)15-11-4-5-11/h1-3,8,11-12,15H,4-7,9-10H2. The molecule has 2 heterocycles. The highest BCUT2D eigenvalue weighted by molar-refractivity contribution is 5.38. The third kappa shape index (κ3) is 2.35. The summed E-state index contributed by atoms with van der Waals surface area (Å²) in [5, 5.41) is 3.72. The number of nitrogens with one attached hydrogen (secondary N) is 1. The molecule has 0 unspecified atom stereocenters. The van der Waals surface area contributed by atoms with Gasteiger partial charge in [0.25, 0.3) is 0 Å².